The lowest BCUT2D eigenvalue weighted by atomic mass is 9.93. The Bertz CT molecular complexity index is 913. The summed E-state index contributed by atoms with van der Waals surface area (Å²) in [6, 6.07) is 5.59. The van der Waals surface area contributed by atoms with E-state index in [1.165, 1.54) is 25.7 Å². The molecule has 0 amide bonds. The molecular weight excluding hydrogens is 446 g/mol. The summed E-state index contributed by atoms with van der Waals surface area (Å²) in [6.07, 6.45) is 8.61. The highest BCUT2D eigenvalue weighted by atomic mass is 79.9. The fourth-order valence-electron chi connectivity index (χ4n) is 4.13. The molecule has 2 aromatic heterocycles. The van der Waals surface area contributed by atoms with Gasteiger partial charge in [-0.1, -0.05) is 37.8 Å². The van der Waals surface area contributed by atoms with E-state index in [4.69, 9.17) is 9.26 Å². The molecule has 2 aromatic rings. The highest BCUT2D eigenvalue weighted by Gasteiger charge is 2.23. The molecule has 6 nitrogen and oxygen atoms in total. The Balaban J connectivity index is 1.58. The molecule has 7 heteroatoms. The maximum Gasteiger partial charge on any atom is 0.308 e. The number of ether oxygens (including phenoxy) is 1. The highest BCUT2D eigenvalue weighted by Crippen LogP contribution is 2.31. The van der Waals surface area contributed by atoms with Crippen molar-refractivity contribution in [3.63, 3.8) is 0 Å². The van der Waals surface area contributed by atoms with E-state index >= 15 is 0 Å². The van der Waals surface area contributed by atoms with E-state index in [1.54, 1.807) is 12.1 Å². The van der Waals surface area contributed by atoms with Gasteiger partial charge in [0.2, 0.25) is 0 Å². The molecule has 1 atom stereocenters. The van der Waals surface area contributed by atoms with Crippen LogP contribution in [0.1, 0.15) is 68.8 Å². The molecule has 1 aliphatic rings. The molecule has 0 spiro atoms. The first-order valence-corrected chi connectivity index (χ1v) is 11.5. The van der Waals surface area contributed by atoms with Crippen molar-refractivity contribution < 1.29 is 14.1 Å². The number of rotatable bonds is 9. The molecule has 1 unspecified atom stereocenters. The Morgan fingerprint density at radius 2 is 2.17 bits per heavy atom. The third-order valence-corrected chi connectivity index (χ3v) is 6.63. The van der Waals surface area contributed by atoms with Gasteiger partial charge in [0.25, 0.3) is 0 Å². The summed E-state index contributed by atoms with van der Waals surface area (Å²) in [4.78, 5) is 16.9. The van der Waals surface area contributed by atoms with Crippen molar-refractivity contribution in [1.29, 1.82) is 5.26 Å². The zero-order chi connectivity index (χ0) is 21.5. The number of halogens is 1. The van der Waals surface area contributed by atoms with Crippen molar-refractivity contribution in [3.8, 4) is 17.5 Å². The number of carbonyl (C=O) groups excluding carboxylic acids is 1. The summed E-state index contributed by atoms with van der Waals surface area (Å²) in [7, 11) is 0. The van der Waals surface area contributed by atoms with Gasteiger partial charge in [0.1, 0.15) is 11.8 Å². The second-order valence-electron chi connectivity index (χ2n) is 7.96. The van der Waals surface area contributed by atoms with Gasteiger partial charge in [-0.2, -0.15) is 5.26 Å². The fourth-order valence-corrected chi connectivity index (χ4v) is 4.44. The normalized spacial score (nSPS) is 15.1. The number of hydrogen-bond acceptors (Lipinski definition) is 6. The first kappa shape index (κ1) is 22.5. The maximum absolute atomic E-state index is 12.6. The predicted molar refractivity (Wildman–Crippen MR) is 117 cm³/mol. The van der Waals surface area contributed by atoms with Gasteiger partial charge in [0.15, 0.2) is 11.5 Å². The van der Waals surface area contributed by atoms with Crippen LogP contribution >= 0.6 is 15.9 Å². The molecule has 0 aliphatic heterocycles. The summed E-state index contributed by atoms with van der Waals surface area (Å²) >= 11 is 3.31. The minimum absolute atomic E-state index is 0.0278. The zero-order valence-corrected chi connectivity index (χ0v) is 19.2. The van der Waals surface area contributed by atoms with Crippen LogP contribution < -0.4 is 0 Å². The van der Waals surface area contributed by atoms with Gasteiger partial charge in [0.05, 0.1) is 22.7 Å². The molecule has 0 bridgehead atoms. The number of aryl methyl sites for hydroxylation is 1. The lowest BCUT2D eigenvalue weighted by Crippen LogP contribution is -2.19. The first-order chi connectivity index (χ1) is 14.5. The van der Waals surface area contributed by atoms with E-state index < -0.39 is 0 Å². The Labute approximate surface area is 186 Å². The quantitative estimate of drug-likeness (QED) is 0.429. The van der Waals surface area contributed by atoms with E-state index in [1.807, 2.05) is 6.92 Å². The van der Waals surface area contributed by atoms with Crippen LogP contribution in [0, 0.1) is 30.1 Å². The summed E-state index contributed by atoms with van der Waals surface area (Å²) in [5, 5.41) is 13.3. The van der Waals surface area contributed by atoms with Crippen LogP contribution in [0.5, 0.6) is 0 Å². The average molecular weight is 474 g/mol. The number of nitriles is 1. The van der Waals surface area contributed by atoms with Crippen molar-refractivity contribution in [2.75, 3.05) is 6.61 Å². The van der Waals surface area contributed by atoms with Crippen LogP contribution in [0.15, 0.2) is 21.1 Å². The van der Waals surface area contributed by atoms with Crippen molar-refractivity contribution in [2.24, 2.45) is 11.8 Å². The topological polar surface area (TPSA) is 89.0 Å². The number of pyridine rings is 1. The van der Waals surface area contributed by atoms with Crippen molar-refractivity contribution in [1.82, 2.24) is 10.1 Å². The first-order valence-electron chi connectivity index (χ1n) is 10.7. The molecule has 30 heavy (non-hydrogen) atoms. The maximum atomic E-state index is 12.6. The molecule has 0 aromatic carbocycles. The van der Waals surface area contributed by atoms with Crippen LogP contribution in [0.4, 0.5) is 0 Å². The molecule has 0 saturated heterocycles. The minimum atomic E-state index is -0.111. The Kier molecular flexibility index (Phi) is 8.03. The Morgan fingerprint density at radius 3 is 2.87 bits per heavy atom. The second-order valence-corrected chi connectivity index (χ2v) is 8.82. The highest BCUT2D eigenvalue weighted by molar-refractivity contribution is 9.10. The molecule has 0 N–H and O–H groups in total. The number of nitrogens with zero attached hydrogens (tertiary/aromatic N) is 3. The van der Waals surface area contributed by atoms with E-state index in [2.05, 4.69) is 39.1 Å². The van der Waals surface area contributed by atoms with Crippen LogP contribution in [0.2, 0.25) is 0 Å². The fraction of sp³-hybridized carbons (Fsp3) is 0.565. The smallest absolute Gasteiger partial charge is 0.308 e. The summed E-state index contributed by atoms with van der Waals surface area (Å²) in [5.41, 5.74) is 2.41. The largest absolute Gasteiger partial charge is 0.465 e. The average Bonchev–Trinajstić information content (AvgIpc) is 3.39. The molecule has 1 aliphatic carbocycles. The lowest BCUT2D eigenvalue weighted by molar-refractivity contribution is -0.148. The zero-order valence-electron chi connectivity index (χ0n) is 17.6. The summed E-state index contributed by atoms with van der Waals surface area (Å²) in [5.74, 6) is 1.16. The SMILES string of the molecule is CCC(CCC1CCCC1)C(=O)OCCc1c(C)noc1-c1ccc(Br)c(C#N)n1. The summed E-state index contributed by atoms with van der Waals surface area (Å²) < 4.78 is 11.7. The van der Waals surface area contributed by atoms with Crippen LogP contribution in [0.3, 0.4) is 0 Å². The summed E-state index contributed by atoms with van der Waals surface area (Å²) in [6.45, 7) is 4.18. The third kappa shape index (κ3) is 5.48. The van der Waals surface area contributed by atoms with Gasteiger partial charge in [-0.25, -0.2) is 4.98 Å². The van der Waals surface area contributed by atoms with E-state index in [9.17, 15) is 10.1 Å². The van der Waals surface area contributed by atoms with Gasteiger partial charge in [-0.3, -0.25) is 4.79 Å². The van der Waals surface area contributed by atoms with E-state index in [0.29, 0.717) is 22.3 Å². The Morgan fingerprint density at radius 1 is 1.40 bits per heavy atom. The van der Waals surface area contributed by atoms with Gasteiger partial charge in [-0.15, -0.1) is 0 Å². The number of aromatic nitrogens is 2. The monoisotopic (exact) mass is 473 g/mol. The Hall–Kier alpha value is -2.20. The standard InChI is InChI=1S/C23H28BrN3O3/c1-3-17(9-8-16-6-4-5-7-16)23(28)29-13-12-18-15(2)27-30-22(18)20-11-10-19(24)21(14-25)26-20/h10-11,16-17H,3-9,12-13H2,1-2H3. The van der Waals surface area contributed by atoms with Crippen molar-refractivity contribution >= 4 is 21.9 Å². The predicted octanol–water partition coefficient (Wildman–Crippen LogP) is 5.76. The number of carbonyl (C=O) groups is 1. The van der Waals surface area contributed by atoms with Crippen molar-refractivity contribution in [3.05, 3.63) is 33.6 Å². The lowest BCUT2D eigenvalue weighted by Gasteiger charge is -2.16. The molecule has 1 fully saturated rings. The van der Waals surface area contributed by atoms with Gasteiger partial charge >= 0.3 is 5.97 Å². The van der Waals surface area contributed by atoms with Crippen LogP contribution in [-0.2, 0) is 16.0 Å². The van der Waals surface area contributed by atoms with E-state index in [-0.39, 0.29) is 24.2 Å². The minimum Gasteiger partial charge on any atom is -0.465 e. The molecule has 1 saturated carbocycles. The van der Waals surface area contributed by atoms with Gasteiger partial charge in [-0.05, 0) is 60.2 Å². The van der Waals surface area contributed by atoms with Gasteiger partial charge < -0.3 is 9.26 Å². The van der Waals surface area contributed by atoms with Crippen LogP contribution in [-0.4, -0.2) is 22.7 Å². The molecule has 160 valence electrons. The molecule has 2 heterocycles. The van der Waals surface area contributed by atoms with Gasteiger partial charge in [0, 0.05) is 12.0 Å². The molecular formula is C23H28BrN3O3. The van der Waals surface area contributed by atoms with Crippen LogP contribution in [0.25, 0.3) is 11.5 Å². The van der Waals surface area contributed by atoms with E-state index in [0.717, 1.165) is 36.4 Å². The third-order valence-electron chi connectivity index (χ3n) is 5.99. The number of hydrogen-bond donors (Lipinski definition) is 0. The molecule has 0 radical (unpaired) electrons. The van der Waals surface area contributed by atoms with Crippen molar-refractivity contribution in [2.45, 2.75) is 65.2 Å². The molecule has 3 rings (SSSR count). The number of esters is 1. The second kappa shape index (κ2) is 10.7.